The van der Waals surface area contributed by atoms with Crippen LogP contribution in [-0.4, -0.2) is 39.1 Å². The molecule has 3 aromatic rings. The van der Waals surface area contributed by atoms with Crippen LogP contribution in [0.15, 0.2) is 30.6 Å². The molecule has 0 radical (unpaired) electrons. The molecule has 0 bridgehead atoms. The number of ketones is 1. The van der Waals surface area contributed by atoms with Crippen LogP contribution in [0.5, 0.6) is 5.75 Å². The lowest BCUT2D eigenvalue weighted by Crippen LogP contribution is -2.35. The first-order valence-electron chi connectivity index (χ1n) is 8.63. The molecule has 0 aliphatic carbocycles. The van der Waals surface area contributed by atoms with Crippen molar-refractivity contribution in [1.29, 1.82) is 0 Å². The Balaban J connectivity index is 1.68. The number of rotatable bonds is 3. The van der Waals surface area contributed by atoms with Crippen molar-refractivity contribution in [1.82, 2.24) is 15.0 Å². The highest BCUT2D eigenvalue weighted by Gasteiger charge is 2.32. The van der Waals surface area contributed by atoms with Gasteiger partial charge in [-0.25, -0.2) is 4.98 Å². The van der Waals surface area contributed by atoms with E-state index in [1.165, 1.54) is 6.20 Å². The van der Waals surface area contributed by atoms with Crippen molar-refractivity contribution in [3.8, 4) is 16.9 Å². The summed E-state index contributed by atoms with van der Waals surface area (Å²) in [4.78, 5) is 23.3. The molecule has 1 aliphatic rings. The summed E-state index contributed by atoms with van der Waals surface area (Å²) in [6, 6.07) is 5.31. The van der Waals surface area contributed by atoms with Crippen LogP contribution in [0.2, 0.25) is 0 Å². The van der Waals surface area contributed by atoms with Crippen LogP contribution in [0.4, 0.5) is 19.1 Å². The number of aromatic amines is 1. The fraction of sp³-hybridized carbons (Fsp3) is 0.316. The lowest BCUT2D eigenvalue weighted by molar-refractivity contribution is -0.115. The highest BCUT2D eigenvalue weighted by molar-refractivity contribution is 6.02. The van der Waals surface area contributed by atoms with Crippen LogP contribution < -0.4 is 10.1 Å². The van der Waals surface area contributed by atoms with E-state index in [-0.39, 0.29) is 11.7 Å². The van der Waals surface area contributed by atoms with E-state index in [1.54, 1.807) is 24.4 Å². The molecule has 0 saturated heterocycles. The van der Waals surface area contributed by atoms with Crippen LogP contribution in [0, 0.1) is 0 Å². The van der Waals surface area contributed by atoms with Crippen molar-refractivity contribution < 1.29 is 22.7 Å². The molecule has 6 nitrogen and oxygen atoms in total. The van der Waals surface area contributed by atoms with E-state index in [2.05, 4.69) is 20.3 Å². The molecule has 3 heterocycles. The van der Waals surface area contributed by atoms with Gasteiger partial charge in [-0.1, -0.05) is 6.07 Å². The maximum Gasteiger partial charge on any atom is 0.405 e. The number of anilines is 1. The maximum absolute atomic E-state index is 12.3. The quantitative estimate of drug-likeness (QED) is 0.695. The van der Waals surface area contributed by atoms with Gasteiger partial charge >= 0.3 is 6.18 Å². The molecule has 0 saturated carbocycles. The third kappa shape index (κ3) is 3.51. The molecule has 4 rings (SSSR count). The van der Waals surface area contributed by atoms with Gasteiger partial charge in [0.15, 0.2) is 5.78 Å². The third-order valence-corrected chi connectivity index (χ3v) is 4.44. The van der Waals surface area contributed by atoms with Crippen molar-refractivity contribution in [3.05, 3.63) is 36.2 Å². The van der Waals surface area contributed by atoms with Gasteiger partial charge in [0.1, 0.15) is 23.5 Å². The highest BCUT2D eigenvalue weighted by Crippen LogP contribution is 2.37. The number of alkyl halides is 3. The number of benzene rings is 1. The number of carbonyl (C=O) groups is 1. The minimum Gasteiger partial charge on any atom is -0.487 e. The van der Waals surface area contributed by atoms with Crippen LogP contribution in [-0.2, 0) is 0 Å². The molecule has 2 aromatic heterocycles. The average Bonchev–Trinajstić information content (AvgIpc) is 3.01. The number of hydrogen-bond donors (Lipinski definition) is 2. The monoisotopic (exact) mass is 390 g/mol. The smallest absolute Gasteiger partial charge is 0.405 e. The SMILES string of the molecule is CC1(C)CC(=O)c2ccc(-c3c[nH]c4nc(NCC(F)(F)F)ncc34)cc2O1. The van der Waals surface area contributed by atoms with Gasteiger partial charge < -0.3 is 15.0 Å². The summed E-state index contributed by atoms with van der Waals surface area (Å²) in [6.07, 6.45) is -0.881. The predicted octanol–water partition coefficient (Wildman–Crippen LogP) is 4.34. The lowest BCUT2D eigenvalue weighted by Gasteiger charge is -2.31. The van der Waals surface area contributed by atoms with Gasteiger partial charge in [0.25, 0.3) is 0 Å². The Labute approximate surface area is 158 Å². The number of carbonyl (C=O) groups excluding carboxylic acids is 1. The molecule has 28 heavy (non-hydrogen) atoms. The van der Waals surface area contributed by atoms with E-state index >= 15 is 0 Å². The zero-order valence-corrected chi connectivity index (χ0v) is 15.1. The Morgan fingerprint density at radius 3 is 2.82 bits per heavy atom. The van der Waals surface area contributed by atoms with Gasteiger partial charge in [-0.15, -0.1) is 0 Å². The Morgan fingerprint density at radius 1 is 1.29 bits per heavy atom. The molecule has 0 atom stereocenters. The van der Waals surface area contributed by atoms with Crippen molar-refractivity contribution in [3.63, 3.8) is 0 Å². The second-order valence-corrected chi connectivity index (χ2v) is 7.30. The van der Waals surface area contributed by atoms with Gasteiger partial charge in [0.2, 0.25) is 5.95 Å². The standard InChI is InChI=1S/C19H17F3N4O2/c1-18(2)6-14(27)11-4-3-10(5-15(11)28-18)12-7-23-16-13(12)8-24-17(26-16)25-9-19(20,21)22/h3-5,7-8H,6,9H2,1-2H3,(H2,23,24,25,26). The topological polar surface area (TPSA) is 79.9 Å². The first-order chi connectivity index (χ1) is 13.1. The summed E-state index contributed by atoms with van der Waals surface area (Å²) in [5, 5.41) is 2.81. The zero-order valence-electron chi connectivity index (χ0n) is 15.1. The number of nitrogens with one attached hydrogen (secondary N) is 2. The Hall–Kier alpha value is -3.10. The van der Waals surface area contributed by atoms with E-state index in [1.807, 2.05) is 13.8 Å². The summed E-state index contributed by atoms with van der Waals surface area (Å²) in [5.41, 5.74) is 1.92. The largest absolute Gasteiger partial charge is 0.487 e. The summed E-state index contributed by atoms with van der Waals surface area (Å²) in [6.45, 7) is 2.50. The summed E-state index contributed by atoms with van der Waals surface area (Å²) < 4.78 is 43.0. The lowest BCUT2D eigenvalue weighted by atomic mass is 9.91. The number of Topliss-reactive ketones (excluding diaryl/α,β-unsaturated/α-hetero) is 1. The minimum atomic E-state index is -4.35. The van der Waals surface area contributed by atoms with Gasteiger partial charge in [0.05, 0.1) is 12.0 Å². The first-order valence-corrected chi connectivity index (χ1v) is 8.63. The molecule has 0 spiro atoms. The molecule has 0 unspecified atom stereocenters. The van der Waals surface area contributed by atoms with Crippen LogP contribution >= 0.6 is 0 Å². The number of H-pyrrole nitrogens is 1. The zero-order chi connectivity index (χ0) is 20.1. The second-order valence-electron chi connectivity index (χ2n) is 7.30. The van der Waals surface area contributed by atoms with Gasteiger partial charge in [-0.3, -0.25) is 4.79 Å². The van der Waals surface area contributed by atoms with Crippen molar-refractivity contribution in [2.24, 2.45) is 0 Å². The first kappa shape index (κ1) is 18.3. The van der Waals surface area contributed by atoms with Crippen molar-refractivity contribution in [2.45, 2.75) is 32.0 Å². The molecular weight excluding hydrogens is 373 g/mol. The minimum absolute atomic E-state index is 0.0282. The third-order valence-electron chi connectivity index (χ3n) is 4.44. The molecule has 9 heteroatoms. The Bertz CT molecular complexity index is 1070. The van der Waals surface area contributed by atoms with E-state index in [4.69, 9.17) is 4.74 Å². The van der Waals surface area contributed by atoms with Gasteiger partial charge in [-0.05, 0) is 31.5 Å². The Morgan fingerprint density at radius 2 is 2.07 bits per heavy atom. The summed E-state index contributed by atoms with van der Waals surface area (Å²) in [7, 11) is 0. The second kappa shape index (κ2) is 6.22. The van der Waals surface area contributed by atoms with E-state index in [0.29, 0.717) is 28.8 Å². The molecule has 146 valence electrons. The van der Waals surface area contributed by atoms with Crippen LogP contribution in [0.1, 0.15) is 30.6 Å². The van der Waals surface area contributed by atoms with E-state index in [9.17, 15) is 18.0 Å². The molecule has 0 amide bonds. The predicted molar refractivity (Wildman–Crippen MR) is 97.5 cm³/mol. The fourth-order valence-corrected chi connectivity index (χ4v) is 3.23. The van der Waals surface area contributed by atoms with Crippen molar-refractivity contribution in [2.75, 3.05) is 11.9 Å². The van der Waals surface area contributed by atoms with Crippen LogP contribution in [0.25, 0.3) is 22.2 Å². The number of fused-ring (bicyclic) bond motifs is 2. The van der Waals surface area contributed by atoms with E-state index < -0.39 is 18.3 Å². The molecule has 1 aliphatic heterocycles. The molecular formula is C19H17F3N4O2. The summed E-state index contributed by atoms with van der Waals surface area (Å²) in [5.74, 6) is 0.428. The number of nitrogens with zero attached hydrogens (tertiary/aromatic N) is 2. The van der Waals surface area contributed by atoms with Crippen LogP contribution in [0.3, 0.4) is 0 Å². The van der Waals surface area contributed by atoms with Crippen molar-refractivity contribution >= 4 is 22.8 Å². The van der Waals surface area contributed by atoms with Gasteiger partial charge in [0, 0.05) is 23.3 Å². The molecule has 2 N–H and O–H groups in total. The van der Waals surface area contributed by atoms with E-state index in [0.717, 1.165) is 11.1 Å². The molecule has 1 aromatic carbocycles. The highest BCUT2D eigenvalue weighted by atomic mass is 19.4. The maximum atomic E-state index is 12.3. The number of aromatic nitrogens is 3. The molecule has 0 fully saturated rings. The fourth-order valence-electron chi connectivity index (χ4n) is 3.23. The average molecular weight is 390 g/mol. The summed E-state index contributed by atoms with van der Waals surface area (Å²) >= 11 is 0. The number of hydrogen-bond acceptors (Lipinski definition) is 5. The normalized spacial score (nSPS) is 16.0. The van der Waals surface area contributed by atoms with Gasteiger partial charge in [-0.2, -0.15) is 18.2 Å². The number of ether oxygens (including phenoxy) is 1. The number of halogens is 3. The Kier molecular flexibility index (Phi) is 4.06.